The van der Waals surface area contributed by atoms with Crippen LogP contribution in [0.3, 0.4) is 0 Å². The molecule has 2 aromatic rings. The maximum atomic E-state index is 11.5. The molecular formula is C10H10ClN3O3. The number of H-pyrrole nitrogens is 1. The van der Waals surface area contributed by atoms with Crippen molar-refractivity contribution < 1.29 is 4.42 Å². The number of oxazole rings is 1. The van der Waals surface area contributed by atoms with Crippen molar-refractivity contribution in [2.24, 2.45) is 0 Å². The van der Waals surface area contributed by atoms with E-state index in [4.69, 9.17) is 16.0 Å². The molecule has 1 N–H and O–H groups in total. The summed E-state index contributed by atoms with van der Waals surface area (Å²) in [6, 6.07) is 0. The second-order valence-electron chi connectivity index (χ2n) is 3.61. The lowest BCUT2D eigenvalue weighted by molar-refractivity contribution is 0.451. The number of aromatic amines is 1. The van der Waals surface area contributed by atoms with Crippen molar-refractivity contribution in [3.05, 3.63) is 49.4 Å². The second-order valence-corrected chi connectivity index (χ2v) is 4.02. The molecule has 0 amide bonds. The Morgan fingerprint density at radius 2 is 2.18 bits per heavy atom. The van der Waals surface area contributed by atoms with Gasteiger partial charge in [0.05, 0.1) is 5.69 Å². The minimum absolute atomic E-state index is 0.0513. The van der Waals surface area contributed by atoms with Gasteiger partial charge >= 0.3 is 5.69 Å². The molecule has 0 fully saturated rings. The lowest BCUT2D eigenvalue weighted by Crippen LogP contribution is -2.30. The van der Waals surface area contributed by atoms with E-state index in [1.54, 1.807) is 6.92 Å². The first-order valence-corrected chi connectivity index (χ1v) is 5.27. The average molecular weight is 256 g/mol. The Morgan fingerprint density at radius 1 is 1.47 bits per heavy atom. The number of aromatic nitrogens is 3. The first kappa shape index (κ1) is 11.7. The van der Waals surface area contributed by atoms with Crippen LogP contribution >= 0.6 is 11.6 Å². The van der Waals surface area contributed by atoms with Crippen LogP contribution in [0, 0.1) is 13.8 Å². The molecule has 0 aromatic carbocycles. The van der Waals surface area contributed by atoms with Crippen LogP contribution in [0.15, 0.2) is 20.2 Å². The van der Waals surface area contributed by atoms with E-state index in [1.807, 2.05) is 6.92 Å². The Bertz CT molecular complexity index is 649. The van der Waals surface area contributed by atoms with Gasteiger partial charge in [-0.25, -0.2) is 9.78 Å². The summed E-state index contributed by atoms with van der Waals surface area (Å²) in [5.74, 6) is 1.09. The normalized spacial score (nSPS) is 10.8. The van der Waals surface area contributed by atoms with Gasteiger partial charge in [0.15, 0.2) is 0 Å². The van der Waals surface area contributed by atoms with E-state index in [2.05, 4.69) is 9.97 Å². The second kappa shape index (κ2) is 4.21. The molecule has 90 valence electrons. The minimum Gasteiger partial charge on any atom is -0.444 e. The molecule has 0 saturated heterocycles. The Balaban J connectivity index is 2.39. The third-order valence-corrected chi connectivity index (χ3v) is 2.62. The third kappa shape index (κ3) is 2.31. The van der Waals surface area contributed by atoms with E-state index in [0.717, 1.165) is 5.69 Å². The molecular weight excluding hydrogens is 246 g/mol. The lowest BCUT2D eigenvalue weighted by Gasteiger charge is -2.01. The monoisotopic (exact) mass is 255 g/mol. The van der Waals surface area contributed by atoms with Crippen LogP contribution in [0.5, 0.6) is 0 Å². The highest BCUT2D eigenvalue weighted by molar-refractivity contribution is 6.30. The molecule has 0 spiro atoms. The summed E-state index contributed by atoms with van der Waals surface area (Å²) < 4.78 is 6.57. The maximum absolute atomic E-state index is 11.5. The maximum Gasteiger partial charge on any atom is 0.328 e. The van der Waals surface area contributed by atoms with Crippen LogP contribution in [-0.4, -0.2) is 14.5 Å². The van der Waals surface area contributed by atoms with E-state index >= 15 is 0 Å². The van der Waals surface area contributed by atoms with Crippen LogP contribution in [0.2, 0.25) is 5.02 Å². The highest BCUT2D eigenvalue weighted by Gasteiger charge is 2.08. The first-order valence-electron chi connectivity index (χ1n) is 4.89. The van der Waals surface area contributed by atoms with E-state index < -0.39 is 11.2 Å². The van der Waals surface area contributed by atoms with Crippen molar-refractivity contribution in [2.45, 2.75) is 20.4 Å². The Labute approximate surface area is 101 Å². The predicted molar refractivity (Wildman–Crippen MR) is 61.4 cm³/mol. The molecule has 6 nitrogen and oxygen atoms in total. The molecule has 0 unspecified atom stereocenters. The molecule has 0 bridgehead atoms. The van der Waals surface area contributed by atoms with Crippen LogP contribution in [0.1, 0.15) is 17.3 Å². The van der Waals surface area contributed by atoms with Crippen molar-refractivity contribution >= 4 is 11.6 Å². The zero-order valence-electron chi connectivity index (χ0n) is 9.28. The van der Waals surface area contributed by atoms with Crippen LogP contribution in [-0.2, 0) is 6.54 Å². The molecule has 0 radical (unpaired) electrons. The van der Waals surface area contributed by atoms with Gasteiger partial charge in [-0.3, -0.25) is 14.3 Å². The Morgan fingerprint density at radius 3 is 2.76 bits per heavy atom. The number of hydrogen-bond donors (Lipinski definition) is 1. The summed E-state index contributed by atoms with van der Waals surface area (Å²) in [4.78, 5) is 28.8. The zero-order chi connectivity index (χ0) is 12.6. The zero-order valence-corrected chi connectivity index (χ0v) is 10.0. The molecule has 0 atom stereocenters. The minimum atomic E-state index is -0.604. The summed E-state index contributed by atoms with van der Waals surface area (Å²) in [6.45, 7) is 3.73. The topological polar surface area (TPSA) is 80.9 Å². The Kier molecular flexibility index (Phi) is 2.89. The molecule has 7 heteroatoms. The number of nitrogens with one attached hydrogen (secondary N) is 1. The van der Waals surface area contributed by atoms with Crippen LogP contribution in [0.25, 0.3) is 0 Å². The number of rotatable bonds is 2. The fraction of sp³-hybridized carbons (Fsp3) is 0.300. The summed E-state index contributed by atoms with van der Waals surface area (Å²) in [7, 11) is 0. The number of halogens is 1. The van der Waals surface area contributed by atoms with Gasteiger partial charge in [-0.15, -0.1) is 0 Å². The molecule has 0 aliphatic rings. The highest BCUT2D eigenvalue weighted by atomic mass is 35.5. The Hall–Kier alpha value is -1.82. The lowest BCUT2D eigenvalue weighted by atomic mass is 10.4. The van der Waals surface area contributed by atoms with Crippen molar-refractivity contribution in [1.82, 2.24) is 14.5 Å². The molecule has 0 aliphatic heterocycles. The number of nitrogens with zero attached hydrogens (tertiary/aromatic N) is 2. The highest BCUT2D eigenvalue weighted by Crippen LogP contribution is 2.09. The SMILES string of the molecule is Cc1nc(Cn2cc(Cl)c(=O)[nH]c2=O)oc1C. The summed E-state index contributed by atoms with van der Waals surface area (Å²) >= 11 is 5.63. The quantitative estimate of drug-likeness (QED) is 0.862. The molecule has 2 aromatic heterocycles. The van der Waals surface area contributed by atoms with Gasteiger partial charge in [-0.05, 0) is 13.8 Å². The molecule has 17 heavy (non-hydrogen) atoms. The number of hydrogen-bond acceptors (Lipinski definition) is 4. The van der Waals surface area contributed by atoms with Crippen molar-refractivity contribution in [1.29, 1.82) is 0 Å². The van der Waals surface area contributed by atoms with Gasteiger partial charge < -0.3 is 4.42 Å². The van der Waals surface area contributed by atoms with Crippen molar-refractivity contribution in [2.75, 3.05) is 0 Å². The summed E-state index contributed by atoms with van der Waals surface area (Å²) in [6.07, 6.45) is 1.26. The standard InChI is InChI=1S/C10H10ClN3O3/c1-5-6(2)17-8(12-5)4-14-3-7(11)9(15)13-10(14)16/h3H,4H2,1-2H3,(H,13,15,16). The van der Waals surface area contributed by atoms with E-state index in [1.165, 1.54) is 10.8 Å². The van der Waals surface area contributed by atoms with Gasteiger partial charge in [0.25, 0.3) is 5.56 Å². The smallest absolute Gasteiger partial charge is 0.328 e. The fourth-order valence-electron chi connectivity index (χ4n) is 1.35. The van der Waals surface area contributed by atoms with Gasteiger partial charge in [-0.1, -0.05) is 11.6 Å². The van der Waals surface area contributed by atoms with E-state index in [-0.39, 0.29) is 11.6 Å². The summed E-state index contributed by atoms with van der Waals surface area (Å²) in [5.41, 5.74) is -0.385. The predicted octanol–water partition coefficient (Wildman–Crippen LogP) is 0.843. The van der Waals surface area contributed by atoms with Crippen molar-refractivity contribution in [3.63, 3.8) is 0 Å². The van der Waals surface area contributed by atoms with Gasteiger partial charge in [-0.2, -0.15) is 0 Å². The molecule has 0 saturated carbocycles. The van der Waals surface area contributed by atoms with E-state index in [9.17, 15) is 9.59 Å². The van der Waals surface area contributed by atoms with Crippen LogP contribution in [0.4, 0.5) is 0 Å². The molecule has 0 aliphatic carbocycles. The number of aryl methyl sites for hydroxylation is 2. The fourth-order valence-corrected chi connectivity index (χ4v) is 1.52. The van der Waals surface area contributed by atoms with E-state index in [0.29, 0.717) is 11.7 Å². The van der Waals surface area contributed by atoms with Gasteiger partial charge in [0.1, 0.15) is 17.3 Å². The largest absolute Gasteiger partial charge is 0.444 e. The third-order valence-electron chi connectivity index (χ3n) is 2.35. The van der Waals surface area contributed by atoms with Crippen LogP contribution < -0.4 is 11.2 Å². The van der Waals surface area contributed by atoms with Gasteiger partial charge in [0.2, 0.25) is 5.89 Å². The summed E-state index contributed by atoms with van der Waals surface area (Å²) in [5, 5.41) is -0.0513. The molecule has 2 heterocycles. The van der Waals surface area contributed by atoms with Gasteiger partial charge in [0, 0.05) is 6.20 Å². The molecule has 2 rings (SSSR count). The first-order chi connectivity index (χ1) is 7.97. The van der Waals surface area contributed by atoms with Crippen molar-refractivity contribution in [3.8, 4) is 0 Å². The average Bonchev–Trinajstić information content (AvgIpc) is 2.55.